The molecule has 1 N–H and O–H groups in total. The number of aryl methyl sites for hydroxylation is 1. The fourth-order valence-corrected chi connectivity index (χ4v) is 2.47. The second kappa shape index (κ2) is 6.73. The molecule has 102 valence electrons. The number of halogens is 1. The van der Waals surface area contributed by atoms with Crippen LogP contribution in [0.15, 0.2) is 34.9 Å². The number of rotatable bonds is 6. The van der Waals surface area contributed by atoms with Gasteiger partial charge in [0.25, 0.3) is 0 Å². The van der Waals surface area contributed by atoms with Gasteiger partial charge in [0.1, 0.15) is 0 Å². The van der Waals surface area contributed by atoms with Crippen molar-refractivity contribution in [3.8, 4) is 0 Å². The topological polar surface area (TPSA) is 39.1 Å². The highest BCUT2D eigenvalue weighted by Crippen LogP contribution is 2.25. The van der Waals surface area contributed by atoms with Crippen molar-refractivity contribution in [3.05, 3.63) is 46.2 Å². The SMILES string of the molecule is COCc1c(Br)cccc1NCCc1ccnn1C. The highest BCUT2D eigenvalue weighted by Gasteiger charge is 2.06. The van der Waals surface area contributed by atoms with Crippen LogP contribution >= 0.6 is 15.9 Å². The van der Waals surface area contributed by atoms with Crippen molar-refractivity contribution in [2.24, 2.45) is 7.05 Å². The Morgan fingerprint density at radius 2 is 2.21 bits per heavy atom. The van der Waals surface area contributed by atoms with Crippen molar-refractivity contribution < 1.29 is 4.74 Å². The largest absolute Gasteiger partial charge is 0.384 e. The van der Waals surface area contributed by atoms with Gasteiger partial charge in [-0.3, -0.25) is 4.68 Å². The first kappa shape index (κ1) is 14.1. The van der Waals surface area contributed by atoms with Gasteiger partial charge in [-0.05, 0) is 18.2 Å². The second-order valence-electron chi connectivity index (χ2n) is 4.32. The molecule has 0 saturated carbocycles. The molecule has 0 spiro atoms. The monoisotopic (exact) mass is 323 g/mol. The molecular weight excluding hydrogens is 306 g/mol. The van der Waals surface area contributed by atoms with Crippen molar-refractivity contribution in [1.82, 2.24) is 9.78 Å². The summed E-state index contributed by atoms with van der Waals surface area (Å²) in [6.45, 7) is 1.46. The molecule has 0 aliphatic carbocycles. The average Bonchev–Trinajstić information content (AvgIpc) is 2.79. The molecule has 0 atom stereocenters. The summed E-state index contributed by atoms with van der Waals surface area (Å²) < 4.78 is 8.21. The van der Waals surface area contributed by atoms with Gasteiger partial charge >= 0.3 is 0 Å². The summed E-state index contributed by atoms with van der Waals surface area (Å²) in [6.07, 6.45) is 2.76. The van der Waals surface area contributed by atoms with Crippen molar-refractivity contribution >= 4 is 21.6 Å². The second-order valence-corrected chi connectivity index (χ2v) is 5.18. The van der Waals surface area contributed by atoms with Gasteiger partial charge in [-0.25, -0.2) is 0 Å². The van der Waals surface area contributed by atoms with E-state index in [1.807, 2.05) is 36.1 Å². The number of anilines is 1. The van der Waals surface area contributed by atoms with Gasteiger partial charge in [0.15, 0.2) is 0 Å². The highest BCUT2D eigenvalue weighted by atomic mass is 79.9. The van der Waals surface area contributed by atoms with E-state index in [9.17, 15) is 0 Å². The minimum Gasteiger partial charge on any atom is -0.384 e. The van der Waals surface area contributed by atoms with Crippen LogP contribution in [0.5, 0.6) is 0 Å². The number of ether oxygens (including phenoxy) is 1. The third kappa shape index (κ3) is 3.58. The van der Waals surface area contributed by atoms with Crippen molar-refractivity contribution in [1.29, 1.82) is 0 Å². The number of aromatic nitrogens is 2. The van der Waals surface area contributed by atoms with E-state index in [1.54, 1.807) is 7.11 Å². The number of hydrogen-bond acceptors (Lipinski definition) is 3. The lowest BCUT2D eigenvalue weighted by atomic mass is 10.2. The van der Waals surface area contributed by atoms with Crippen LogP contribution in [0, 0.1) is 0 Å². The summed E-state index contributed by atoms with van der Waals surface area (Å²) >= 11 is 3.56. The molecule has 0 amide bonds. The maximum atomic E-state index is 5.24. The molecule has 0 aliphatic rings. The van der Waals surface area contributed by atoms with E-state index in [1.165, 1.54) is 5.69 Å². The Labute approximate surface area is 121 Å². The first-order valence-corrected chi connectivity index (χ1v) is 6.98. The van der Waals surface area contributed by atoms with Crippen LogP contribution in [-0.2, 0) is 24.8 Å². The van der Waals surface area contributed by atoms with Crippen molar-refractivity contribution in [2.45, 2.75) is 13.0 Å². The molecule has 1 aromatic heterocycles. The quantitative estimate of drug-likeness (QED) is 0.888. The Balaban J connectivity index is 1.99. The minimum atomic E-state index is 0.593. The zero-order valence-electron chi connectivity index (χ0n) is 11.2. The molecule has 0 bridgehead atoms. The van der Waals surface area contributed by atoms with Gasteiger partial charge < -0.3 is 10.1 Å². The summed E-state index contributed by atoms with van der Waals surface area (Å²) in [4.78, 5) is 0. The van der Waals surface area contributed by atoms with E-state index in [-0.39, 0.29) is 0 Å². The molecule has 1 heterocycles. The molecule has 1 aromatic carbocycles. The predicted molar refractivity (Wildman–Crippen MR) is 80.3 cm³/mol. The molecule has 4 nitrogen and oxygen atoms in total. The Morgan fingerprint density at radius 1 is 1.37 bits per heavy atom. The van der Waals surface area contributed by atoms with E-state index in [4.69, 9.17) is 4.74 Å². The van der Waals surface area contributed by atoms with Gasteiger partial charge in [0.2, 0.25) is 0 Å². The zero-order chi connectivity index (χ0) is 13.7. The van der Waals surface area contributed by atoms with Gasteiger partial charge in [0, 0.05) is 54.7 Å². The van der Waals surface area contributed by atoms with Gasteiger partial charge in [-0.2, -0.15) is 5.10 Å². The van der Waals surface area contributed by atoms with Crippen LogP contribution < -0.4 is 5.32 Å². The maximum absolute atomic E-state index is 5.24. The molecule has 0 unspecified atom stereocenters. The summed E-state index contributed by atoms with van der Waals surface area (Å²) in [6, 6.07) is 8.16. The molecule has 2 rings (SSSR count). The number of hydrogen-bond donors (Lipinski definition) is 1. The van der Waals surface area contributed by atoms with E-state index >= 15 is 0 Å². The zero-order valence-corrected chi connectivity index (χ0v) is 12.8. The lowest BCUT2D eigenvalue weighted by Crippen LogP contribution is -2.10. The van der Waals surface area contributed by atoms with Crippen LogP contribution in [0.4, 0.5) is 5.69 Å². The summed E-state index contributed by atoms with van der Waals surface area (Å²) in [5.41, 5.74) is 3.48. The molecular formula is C14H18BrN3O. The molecule has 0 aliphatic heterocycles. The summed E-state index contributed by atoms with van der Waals surface area (Å²) in [7, 11) is 3.67. The van der Waals surface area contributed by atoms with Crippen molar-refractivity contribution in [2.75, 3.05) is 19.0 Å². The Kier molecular flexibility index (Phi) is 4.99. The number of nitrogens with zero attached hydrogens (tertiary/aromatic N) is 2. The van der Waals surface area contributed by atoms with Crippen LogP contribution in [0.2, 0.25) is 0 Å². The predicted octanol–water partition coefficient (Wildman–Crippen LogP) is 2.98. The highest BCUT2D eigenvalue weighted by molar-refractivity contribution is 9.10. The first-order chi connectivity index (χ1) is 9.22. The summed E-state index contributed by atoms with van der Waals surface area (Å²) in [5.74, 6) is 0. The van der Waals surface area contributed by atoms with Crippen LogP contribution in [0.25, 0.3) is 0 Å². The van der Waals surface area contributed by atoms with E-state index in [2.05, 4.69) is 32.4 Å². The fourth-order valence-electron chi connectivity index (χ4n) is 1.99. The summed E-state index contributed by atoms with van der Waals surface area (Å²) in [5, 5.41) is 7.62. The van der Waals surface area contributed by atoms with Gasteiger partial charge in [-0.1, -0.05) is 22.0 Å². The normalized spacial score (nSPS) is 10.7. The first-order valence-electron chi connectivity index (χ1n) is 6.19. The lowest BCUT2D eigenvalue weighted by Gasteiger charge is -2.13. The lowest BCUT2D eigenvalue weighted by molar-refractivity contribution is 0.185. The molecule has 2 aromatic rings. The Bertz CT molecular complexity index is 539. The molecule has 0 saturated heterocycles. The smallest absolute Gasteiger partial charge is 0.0744 e. The van der Waals surface area contributed by atoms with Crippen molar-refractivity contribution in [3.63, 3.8) is 0 Å². The third-order valence-corrected chi connectivity index (χ3v) is 3.77. The van der Waals surface area contributed by atoms with Gasteiger partial charge in [0.05, 0.1) is 6.61 Å². The standard InChI is InChI=1S/C14H18BrN3O/c1-18-11(7-9-17-18)6-8-16-14-5-3-4-13(15)12(14)10-19-2/h3-5,7,9,16H,6,8,10H2,1-2H3. The van der Waals surface area contributed by atoms with E-state index in [0.717, 1.165) is 28.7 Å². The number of nitrogens with one attached hydrogen (secondary N) is 1. The fraction of sp³-hybridized carbons (Fsp3) is 0.357. The van der Waals surface area contributed by atoms with E-state index < -0.39 is 0 Å². The maximum Gasteiger partial charge on any atom is 0.0744 e. The van der Waals surface area contributed by atoms with E-state index in [0.29, 0.717) is 6.61 Å². The van der Waals surface area contributed by atoms with Crippen LogP contribution in [0.1, 0.15) is 11.3 Å². The molecule has 0 radical (unpaired) electrons. The Morgan fingerprint density at radius 3 is 2.89 bits per heavy atom. The Hall–Kier alpha value is -1.33. The third-order valence-electron chi connectivity index (χ3n) is 3.03. The van der Waals surface area contributed by atoms with Crippen LogP contribution in [0.3, 0.4) is 0 Å². The molecule has 0 fully saturated rings. The van der Waals surface area contributed by atoms with Crippen LogP contribution in [-0.4, -0.2) is 23.4 Å². The molecule has 19 heavy (non-hydrogen) atoms. The molecule has 5 heteroatoms. The minimum absolute atomic E-state index is 0.593. The number of benzene rings is 1. The number of methoxy groups -OCH3 is 1. The average molecular weight is 324 g/mol. The van der Waals surface area contributed by atoms with Gasteiger partial charge in [-0.15, -0.1) is 0 Å².